The van der Waals surface area contributed by atoms with Crippen molar-refractivity contribution >= 4 is 0 Å². The van der Waals surface area contributed by atoms with Gasteiger partial charge < -0.3 is 20.1 Å². The number of aliphatic hydroxyl groups excluding tert-OH is 1. The van der Waals surface area contributed by atoms with Crippen LogP contribution in [0.3, 0.4) is 0 Å². The highest BCUT2D eigenvalue weighted by molar-refractivity contribution is 5.28. The van der Waals surface area contributed by atoms with Gasteiger partial charge in [0.1, 0.15) is 5.75 Å². The normalized spacial score (nSPS) is 14.6. The van der Waals surface area contributed by atoms with E-state index in [1.807, 2.05) is 38.4 Å². The van der Waals surface area contributed by atoms with E-state index in [9.17, 15) is 5.11 Å². The van der Waals surface area contributed by atoms with Crippen LogP contribution in [-0.4, -0.2) is 50.3 Å². The SMILES string of the molecule is COc1ccc(C(O)CNC(C)CN(C)C)cc1. The fraction of sp³-hybridized carbons (Fsp3) is 0.571. The lowest BCUT2D eigenvalue weighted by Gasteiger charge is -2.20. The molecule has 0 aliphatic carbocycles. The standard InChI is InChI=1S/C14H24N2O2/c1-11(10-16(2)3)15-9-14(17)12-5-7-13(18-4)8-6-12/h5-8,11,14-15,17H,9-10H2,1-4H3. The van der Waals surface area contributed by atoms with Crippen LogP contribution in [0.25, 0.3) is 0 Å². The maximum Gasteiger partial charge on any atom is 0.118 e. The molecule has 0 saturated heterocycles. The summed E-state index contributed by atoms with van der Waals surface area (Å²) in [4.78, 5) is 2.12. The highest BCUT2D eigenvalue weighted by atomic mass is 16.5. The first-order valence-electron chi connectivity index (χ1n) is 6.23. The van der Waals surface area contributed by atoms with Crippen LogP contribution >= 0.6 is 0 Å². The Hall–Kier alpha value is -1.10. The zero-order valence-corrected chi connectivity index (χ0v) is 11.7. The van der Waals surface area contributed by atoms with E-state index in [0.29, 0.717) is 12.6 Å². The number of aliphatic hydroxyl groups is 1. The maximum absolute atomic E-state index is 10.1. The molecule has 18 heavy (non-hydrogen) atoms. The molecule has 2 unspecified atom stereocenters. The van der Waals surface area contributed by atoms with Gasteiger partial charge in [-0.25, -0.2) is 0 Å². The molecule has 0 bridgehead atoms. The maximum atomic E-state index is 10.1. The molecular formula is C14H24N2O2. The van der Waals surface area contributed by atoms with E-state index in [2.05, 4.69) is 17.1 Å². The highest BCUT2D eigenvalue weighted by Gasteiger charge is 2.09. The van der Waals surface area contributed by atoms with Gasteiger partial charge in [-0.3, -0.25) is 0 Å². The minimum Gasteiger partial charge on any atom is -0.497 e. The topological polar surface area (TPSA) is 44.7 Å². The predicted octanol–water partition coefficient (Wildman–Crippen LogP) is 1.27. The van der Waals surface area contributed by atoms with Crippen LogP contribution in [0.5, 0.6) is 5.75 Å². The number of rotatable bonds is 7. The molecule has 0 aliphatic heterocycles. The molecule has 1 aromatic carbocycles. The average molecular weight is 252 g/mol. The van der Waals surface area contributed by atoms with E-state index in [1.165, 1.54) is 0 Å². The fourth-order valence-corrected chi connectivity index (χ4v) is 1.87. The molecule has 0 amide bonds. The number of likely N-dealkylation sites (N-methyl/N-ethyl adjacent to an activating group) is 1. The second kappa shape index (κ2) is 7.36. The first kappa shape index (κ1) is 15.0. The van der Waals surface area contributed by atoms with Crippen LogP contribution in [0.1, 0.15) is 18.6 Å². The number of hydrogen-bond acceptors (Lipinski definition) is 4. The summed E-state index contributed by atoms with van der Waals surface area (Å²) in [6.45, 7) is 3.62. The third kappa shape index (κ3) is 5.04. The Morgan fingerprint density at radius 1 is 1.28 bits per heavy atom. The molecule has 0 fully saturated rings. The molecule has 0 saturated carbocycles. The van der Waals surface area contributed by atoms with Crippen molar-refractivity contribution in [2.75, 3.05) is 34.3 Å². The van der Waals surface area contributed by atoms with Gasteiger partial charge in [0.2, 0.25) is 0 Å². The van der Waals surface area contributed by atoms with Crippen LogP contribution in [0, 0.1) is 0 Å². The highest BCUT2D eigenvalue weighted by Crippen LogP contribution is 2.16. The number of nitrogens with one attached hydrogen (secondary N) is 1. The van der Waals surface area contributed by atoms with E-state index in [4.69, 9.17) is 4.74 Å². The summed E-state index contributed by atoms with van der Waals surface area (Å²) in [6, 6.07) is 7.86. The number of methoxy groups -OCH3 is 1. The third-order valence-electron chi connectivity index (χ3n) is 2.80. The Balaban J connectivity index is 2.42. The Kier molecular flexibility index (Phi) is 6.12. The Bertz CT molecular complexity index is 338. The summed E-state index contributed by atoms with van der Waals surface area (Å²) in [6.07, 6.45) is -0.486. The van der Waals surface area contributed by atoms with Crippen LogP contribution in [0.2, 0.25) is 0 Å². The summed E-state index contributed by atoms with van der Waals surface area (Å²) in [7, 11) is 5.71. The summed E-state index contributed by atoms with van der Waals surface area (Å²) in [5, 5.41) is 13.4. The molecular weight excluding hydrogens is 228 g/mol. The van der Waals surface area contributed by atoms with Gasteiger partial charge in [0.25, 0.3) is 0 Å². The molecule has 0 aromatic heterocycles. The first-order valence-corrected chi connectivity index (χ1v) is 6.23. The monoisotopic (exact) mass is 252 g/mol. The molecule has 4 heteroatoms. The summed E-state index contributed by atoms with van der Waals surface area (Å²) in [5.41, 5.74) is 0.903. The lowest BCUT2D eigenvalue weighted by atomic mass is 10.1. The van der Waals surface area contributed by atoms with Crippen molar-refractivity contribution < 1.29 is 9.84 Å². The third-order valence-corrected chi connectivity index (χ3v) is 2.80. The van der Waals surface area contributed by atoms with Crippen LogP contribution in [0.4, 0.5) is 0 Å². The smallest absolute Gasteiger partial charge is 0.118 e. The second-order valence-electron chi connectivity index (χ2n) is 4.86. The quantitative estimate of drug-likeness (QED) is 0.767. The van der Waals surface area contributed by atoms with Gasteiger partial charge >= 0.3 is 0 Å². The zero-order chi connectivity index (χ0) is 13.5. The van der Waals surface area contributed by atoms with Crippen molar-refractivity contribution in [3.63, 3.8) is 0 Å². The second-order valence-corrected chi connectivity index (χ2v) is 4.86. The predicted molar refractivity (Wildman–Crippen MR) is 74.0 cm³/mol. The van der Waals surface area contributed by atoms with Crippen molar-refractivity contribution in [1.29, 1.82) is 0 Å². The van der Waals surface area contributed by atoms with Gasteiger partial charge in [-0.1, -0.05) is 12.1 Å². The molecule has 2 atom stereocenters. The van der Waals surface area contributed by atoms with Gasteiger partial charge in [-0.2, -0.15) is 0 Å². The number of benzene rings is 1. The molecule has 102 valence electrons. The largest absolute Gasteiger partial charge is 0.497 e. The van der Waals surface area contributed by atoms with Crippen LogP contribution in [-0.2, 0) is 0 Å². The van der Waals surface area contributed by atoms with E-state index < -0.39 is 6.10 Å². The van der Waals surface area contributed by atoms with E-state index in [-0.39, 0.29) is 0 Å². The number of nitrogens with zero attached hydrogens (tertiary/aromatic N) is 1. The average Bonchev–Trinajstić information content (AvgIpc) is 2.35. The van der Waals surface area contributed by atoms with E-state index in [1.54, 1.807) is 7.11 Å². The van der Waals surface area contributed by atoms with Crippen molar-refractivity contribution in [2.24, 2.45) is 0 Å². The molecule has 0 radical (unpaired) electrons. The number of ether oxygens (including phenoxy) is 1. The summed E-state index contributed by atoms with van der Waals surface area (Å²) in [5.74, 6) is 0.805. The fourth-order valence-electron chi connectivity index (χ4n) is 1.87. The first-order chi connectivity index (χ1) is 8.52. The van der Waals surface area contributed by atoms with Crippen molar-refractivity contribution in [3.8, 4) is 5.75 Å². The van der Waals surface area contributed by atoms with Gasteiger partial charge in [-0.15, -0.1) is 0 Å². The molecule has 4 nitrogen and oxygen atoms in total. The summed E-state index contributed by atoms with van der Waals surface area (Å²) >= 11 is 0. The van der Waals surface area contributed by atoms with Crippen LogP contribution in [0.15, 0.2) is 24.3 Å². The minimum atomic E-state index is -0.486. The molecule has 2 N–H and O–H groups in total. The molecule has 1 aromatic rings. The minimum absolute atomic E-state index is 0.355. The lowest BCUT2D eigenvalue weighted by molar-refractivity contribution is 0.167. The van der Waals surface area contributed by atoms with Gasteiger partial charge in [-0.05, 0) is 38.7 Å². The number of hydrogen-bond donors (Lipinski definition) is 2. The molecule has 0 heterocycles. The zero-order valence-electron chi connectivity index (χ0n) is 11.7. The van der Waals surface area contributed by atoms with E-state index >= 15 is 0 Å². The Morgan fingerprint density at radius 2 is 1.89 bits per heavy atom. The Morgan fingerprint density at radius 3 is 2.39 bits per heavy atom. The van der Waals surface area contributed by atoms with E-state index in [0.717, 1.165) is 17.9 Å². The lowest BCUT2D eigenvalue weighted by Crippen LogP contribution is -2.37. The van der Waals surface area contributed by atoms with Crippen molar-refractivity contribution in [3.05, 3.63) is 29.8 Å². The van der Waals surface area contributed by atoms with Gasteiger partial charge in [0, 0.05) is 19.1 Å². The van der Waals surface area contributed by atoms with Crippen LogP contribution < -0.4 is 10.1 Å². The van der Waals surface area contributed by atoms with Crippen molar-refractivity contribution in [2.45, 2.75) is 19.1 Å². The van der Waals surface area contributed by atoms with Crippen molar-refractivity contribution in [1.82, 2.24) is 10.2 Å². The van der Waals surface area contributed by atoms with Gasteiger partial charge in [0.05, 0.1) is 13.2 Å². The van der Waals surface area contributed by atoms with Gasteiger partial charge in [0.15, 0.2) is 0 Å². The molecule has 0 aliphatic rings. The molecule has 0 spiro atoms. The molecule has 1 rings (SSSR count). The Labute approximate surface area is 110 Å². The summed E-state index contributed by atoms with van der Waals surface area (Å²) < 4.78 is 5.09.